The van der Waals surface area contributed by atoms with E-state index >= 15 is 0 Å². The Bertz CT molecular complexity index is 995. The lowest BCUT2D eigenvalue weighted by atomic mass is 9.84. The second kappa shape index (κ2) is 7.41. The van der Waals surface area contributed by atoms with Gasteiger partial charge in [-0.25, -0.2) is 9.97 Å². The van der Waals surface area contributed by atoms with Gasteiger partial charge in [0.05, 0.1) is 17.3 Å². The molecule has 0 radical (unpaired) electrons. The third-order valence-electron chi connectivity index (χ3n) is 4.74. The summed E-state index contributed by atoms with van der Waals surface area (Å²) in [5.41, 5.74) is 2.63. The predicted molar refractivity (Wildman–Crippen MR) is 110 cm³/mol. The van der Waals surface area contributed by atoms with E-state index in [0.29, 0.717) is 17.2 Å². The van der Waals surface area contributed by atoms with Crippen LogP contribution in [0.2, 0.25) is 0 Å². The Morgan fingerprint density at radius 2 is 1.50 bits per heavy atom. The first kappa shape index (κ1) is 19.5. The molecule has 142 valence electrons. The Morgan fingerprint density at radius 1 is 0.893 bits per heavy atom. The van der Waals surface area contributed by atoms with Crippen LogP contribution in [0.1, 0.15) is 50.1 Å². The quantitative estimate of drug-likeness (QED) is 0.697. The third kappa shape index (κ3) is 4.19. The zero-order chi connectivity index (χ0) is 20.4. The fourth-order valence-corrected chi connectivity index (χ4v) is 2.89. The van der Waals surface area contributed by atoms with E-state index in [-0.39, 0.29) is 5.41 Å². The van der Waals surface area contributed by atoms with E-state index in [9.17, 15) is 5.11 Å². The molecule has 3 aromatic rings. The van der Waals surface area contributed by atoms with Crippen molar-refractivity contribution in [1.29, 1.82) is 5.26 Å². The lowest BCUT2D eigenvalue weighted by Gasteiger charge is -2.25. The number of benzene rings is 2. The van der Waals surface area contributed by atoms with Crippen molar-refractivity contribution in [3.63, 3.8) is 0 Å². The molecule has 0 amide bonds. The van der Waals surface area contributed by atoms with Crippen LogP contribution in [0.15, 0.2) is 60.8 Å². The molecule has 0 spiro atoms. The minimum absolute atomic E-state index is 0.0531. The first-order valence-electron chi connectivity index (χ1n) is 9.14. The van der Waals surface area contributed by atoms with Crippen LogP contribution in [0, 0.1) is 11.3 Å². The van der Waals surface area contributed by atoms with Gasteiger partial charge in [-0.05, 0) is 53.8 Å². The van der Waals surface area contributed by atoms with Gasteiger partial charge in [0.25, 0.3) is 0 Å². The van der Waals surface area contributed by atoms with Crippen LogP contribution in [-0.4, -0.2) is 15.1 Å². The molecule has 0 saturated heterocycles. The molecule has 0 aliphatic carbocycles. The maximum absolute atomic E-state index is 11.2. The molecule has 1 heterocycles. The fourth-order valence-electron chi connectivity index (χ4n) is 2.89. The second-order valence-corrected chi connectivity index (χ2v) is 7.98. The summed E-state index contributed by atoms with van der Waals surface area (Å²) in [5, 5.41) is 23.2. The number of rotatable bonds is 4. The van der Waals surface area contributed by atoms with Crippen LogP contribution in [0.5, 0.6) is 0 Å². The Balaban J connectivity index is 1.86. The molecule has 5 heteroatoms. The SMILES string of the molecule is CC(C)(C)c1ccc(C(C)(O)c2ccnc(Nc3ccc(C#N)cc3)n2)cc1. The van der Waals surface area contributed by atoms with Gasteiger partial charge in [-0.1, -0.05) is 45.0 Å². The van der Waals surface area contributed by atoms with E-state index in [1.54, 1.807) is 43.5 Å². The standard InChI is InChI=1S/C23H24N4O/c1-22(2,3)17-7-9-18(10-8-17)23(4,28)20-13-14-25-21(27-20)26-19-11-5-16(15-24)6-12-19/h5-14,28H,1-4H3,(H,25,26,27). The van der Waals surface area contributed by atoms with Crippen LogP contribution in [0.3, 0.4) is 0 Å². The van der Waals surface area contributed by atoms with Crippen molar-refractivity contribution in [2.45, 2.75) is 38.7 Å². The second-order valence-electron chi connectivity index (χ2n) is 7.98. The molecule has 28 heavy (non-hydrogen) atoms. The van der Waals surface area contributed by atoms with E-state index in [4.69, 9.17) is 5.26 Å². The van der Waals surface area contributed by atoms with Crippen molar-refractivity contribution in [2.24, 2.45) is 0 Å². The summed E-state index contributed by atoms with van der Waals surface area (Å²) in [6.07, 6.45) is 1.62. The van der Waals surface area contributed by atoms with Crippen LogP contribution < -0.4 is 5.32 Å². The summed E-state index contributed by atoms with van der Waals surface area (Å²) >= 11 is 0. The minimum Gasteiger partial charge on any atom is -0.379 e. The maximum atomic E-state index is 11.2. The minimum atomic E-state index is -1.25. The zero-order valence-electron chi connectivity index (χ0n) is 16.6. The van der Waals surface area contributed by atoms with Crippen LogP contribution in [0.25, 0.3) is 0 Å². The average molecular weight is 372 g/mol. The highest BCUT2D eigenvalue weighted by molar-refractivity contribution is 5.55. The number of nitrogens with one attached hydrogen (secondary N) is 1. The Morgan fingerprint density at radius 3 is 2.07 bits per heavy atom. The summed E-state index contributed by atoms with van der Waals surface area (Å²) < 4.78 is 0. The van der Waals surface area contributed by atoms with Gasteiger partial charge in [0.15, 0.2) is 0 Å². The summed E-state index contributed by atoms with van der Waals surface area (Å²) in [7, 11) is 0. The number of aromatic nitrogens is 2. The summed E-state index contributed by atoms with van der Waals surface area (Å²) in [6.45, 7) is 8.20. The van der Waals surface area contributed by atoms with Gasteiger partial charge in [0, 0.05) is 11.9 Å². The Kier molecular flexibility index (Phi) is 5.17. The summed E-state index contributed by atoms with van der Waals surface area (Å²) in [6, 6.07) is 18.8. The van der Waals surface area contributed by atoms with Gasteiger partial charge in [-0.3, -0.25) is 0 Å². The third-order valence-corrected chi connectivity index (χ3v) is 4.74. The molecule has 0 fully saturated rings. The van der Waals surface area contributed by atoms with Gasteiger partial charge in [-0.15, -0.1) is 0 Å². The van der Waals surface area contributed by atoms with E-state index in [1.807, 2.05) is 24.3 Å². The average Bonchev–Trinajstić information content (AvgIpc) is 2.68. The van der Waals surface area contributed by atoms with Crippen molar-refractivity contribution in [3.05, 3.63) is 83.2 Å². The molecule has 0 aliphatic rings. The highest BCUT2D eigenvalue weighted by atomic mass is 16.3. The number of nitrogens with zero attached hydrogens (tertiary/aromatic N) is 3. The van der Waals surface area contributed by atoms with Crippen LogP contribution in [-0.2, 0) is 11.0 Å². The van der Waals surface area contributed by atoms with E-state index < -0.39 is 5.60 Å². The Labute approximate surface area is 165 Å². The number of hydrogen-bond donors (Lipinski definition) is 2. The highest BCUT2D eigenvalue weighted by Crippen LogP contribution is 2.30. The highest BCUT2D eigenvalue weighted by Gasteiger charge is 2.28. The van der Waals surface area contributed by atoms with Crippen LogP contribution >= 0.6 is 0 Å². The van der Waals surface area contributed by atoms with Gasteiger partial charge >= 0.3 is 0 Å². The molecule has 2 aromatic carbocycles. The molecule has 5 nitrogen and oxygen atoms in total. The smallest absolute Gasteiger partial charge is 0.227 e. The van der Waals surface area contributed by atoms with Gasteiger partial charge in [-0.2, -0.15) is 5.26 Å². The fraction of sp³-hybridized carbons (Fsp3) is 0.261. The largest absolute Gasteiger partial charge is 0.379 e. The summed E-state index contributed by atoms with van der Waals surface area (Å²) in [4.78, 5) is 8.73. The van der Waals surface area contributed by atoms with Crippen LogP contribution in [0.4, 0.5) is 11.6 Å². The molecule has 0 aliphatic heterocycles. The number of hydrogen-bond acceptors (Lipinski definition) is 5. The topological polar surface area (TPSA) is 81.8 Å². The molecule has 3 rings (SSSR count). The van der Waals surface area contributed by atoms with E-state index in [2.05, 4.69) is 42.1 Å². The van der Waals surface area contributed by atoms with Gasteiger partial charge in [0.2, 0.25) is 5.95 Å². The maximum Gasteiger partial charge on any atom is 0.227 e. The zero-order valence-corrected chi connectivity index (χ0v) is 16.6. The van der Waals surface area contributed by atoms with Crippen molar-refractivity contribution in [3.8, 4) is 6.07 Å². The van der Waals surface area contributed by atoms with Gasteiger partial charge < -0.3 is 10.4 Å². The number of nitriles is 1. The van der Waals surface area contributed by atoms with Crippen molar-refractivity contribution in [2.75, 3.05) is 5.32 Å². The normalized spacial score (nSPS) is 13.4. The van der Waals surface area contributed by atoms with Crippen molar-refractivity contribution in [1.82, 2.24) is 9.97 Å². The van der Waals surface area contributed by atoms with Gasteiger partial charge in [0.1, 0.15) is 5.60 Å². The molecule has 2 N–H and O–H groups in total. The predicted octanol–water partition coefficient (Wildman–Crippen LogP) is 4.65. The van der Waals surface area contributed by atoms with Crippen molar-refractivity contribution < 1.29 is 5.11 Å². The molecule has 0 saturated carbocycles. The number of anilines is 2. The first-order chi connectivity index (χ1) is 13.2. The lowest BCUT2D eigenvalue weighted by Crippen LogP contribution is -2.25. The molecular formula is C23H24N4O. The van der Waals surface area contributed by atoms with E-state index in [1.165, 1.54) is 5.56 Å². The molecule has 1 atom stereocenters. The summed E-state index contributed by atoms with van der Waals surface area (Å²) in [5.74, 6) is 0.383. The number of aliphatic hydroxyl groups is 1. The molecular weight excluding hydrogens is 348 g/mol. The lowest BCUT2D eigenvalue weighted by molar-refractivity contribution is 0.0973. The molecule has 1 aromatic heterocycles. The molecule has 1 unspecified atom stereocenters. The monoisotopic (exact) mass is 372 g/mol. The van der Waals surface area contributed by atoms with E-state index in [0.717, 1.165) is 11.3 Å². The Hall–Kier alpha value is -3.23. The first-order valence-corrected chi connectivity index (χ1v) is 9.14. The van der Waals surface area contributed by atoms with Crippen molar-refractivity contribution >= 4 is 11.6 Å². The molecule has 0 bridgehead atoms.